The number of ketones is 1. The quantitative estimate of drug-likeness (QED) is 0.402. The first-order valence-corrected chi connectivity index (χ1v) is 9.70. The van der Waals surface area contributed by atoms with Crippen LogP contribution < -0.4 is 10.1 Å². The lowest BCUT2D eigenvalue weighted by atomic mass is 9.98. The van der Waals surface area contributed by atoms with Gasteiger partial charge in [0.15, 0.2) is 5.78 Å². The van der Waals surface area contributed by atoms with Gasteiger partial charge in [-0.25, -0.2) is 4.98 Å². The van der Waals surface area contributed by atoms with Gasteiger partial charge >= 0.3 is 0 Å². The number of hydrogen-bond acceptors (Lipinski definition) is 4. The number of carbonyl (C=O) groups excluding carboxylic acids is 1. The number of aromatic nitrogens is 1. The van der Waals surface area contributed by atoms with Crippen molar-refractivity contribution in [1.82, 2.24) is 4.98 Å². The van der Waals surface area contributed by atoms with Gasteiger partial charge < -0.3 is 10.1 Å². The number of nitrogens with zero attached hydrogens (tertiary/aromatic N) is 1. The molecule has 0 amide bonds. The summed E-state index contributed by atoms with van der Waals surface area (Å²) in [7, 11) is 0. The second-order valence-corrected chi connectivity index (χ2v) is 6.71. The maximum absolute atomic E-state index is 13.2. The molecule has 0 bridgehead atoms. The number of unbranched alkanes of at least 4 members (excludes halogenated alkanes) is 1. The van der Waals surface area contributed by atoms with Crippen LogP contribution in [0.2, 0.25) is 0 Å². The normalized spacial score (nSPS) is 10.5. The minimum Gasteiger partial charge on any atom is -0.489 e. The number of benzene rings is 2. The van der Waals surface area contributed by atoms with Crippen LogP contribution in [0.15, 0.2) is 66.9 Å². The van der Waals surface area contributed by atoms with Crippen LogP contribution in [0.3, 0.4) is 0 Å². The van der Waals surface area contributed by atoms with Crippen LogP contribution in [0.5, 0.6) is 5.75 Å². The highest BCUT2D eigenvalue weighted by Gasteiger charge is 2.18. The zero-order valence-corrected chi connectivity index (χ0v) is 16.4. The number of pyridine rings is 1. The molecule has 28 heavy (non-hydrogen) atoms. The Morgan fingerprint density at radius 3 is 2.57 bits per heavy atom. The summed E-state index contributed by atoms with van der Waals surface area (Å²) in [6, 6.07) is 19.2. The minimum absolute atomic E-state index is 0.0465. The average Bonchev–Trinajstić information content (AvgIpc) is 2.74. The van der Waals surface area contributed by atoms with E-state index in [0.29, 0.717) is 23.6 Å². The zero-order chi connectivity index (χ0) is 19.8. The molecule has 0 spiro atoms. The molecule has 144 valence electrons. The third-order valence-corrected chi connectivity index (χ3v) is 4.64. The standard InChI is InChI=1S/C24H26N2O2/c1-3-4-15-25-24-21(13-9-16-26-24)23(27)20-12-8-14-22(18(20)2)28-17-19-10-6-5-7-11-19/h5-14,16H,3-4,15,17H2,1-2H3,(H,25,26). The maximum Gasteiger partial charge on any atom is 0.197 e. The Balaban J connectivity index is 1.81. The summed E-state index contributed by atoms with van der Waals surface area (Å²) in [5, 5.41) is 3.28. The predicted octanol–water partition coefficient (Wildman–Crippen LogP) is 5.41. The third-order valence-electron chi connectivity index (χ3n) is 4.64. The zero-order valence-electron chi connectivity index (χ0n) is 16.4. The second-order valence-electron chi connectivity index (χ2n) is 6.71. The van der Waals surface area contributed by atoms with E-state index in [9.17, 15) is 4.79 Å². The van der Waals surface area contributed by atoms with E-state index in [0.717, 1.165) is 36.3 Å². The molecular formula is C24H26N2O2. The molecule has 1 N–H and O–H groups in total. The van der Waals surface area contributed by atoms with Crippen molar-refractivity contribution in [2.45, 2.75) is 33.3 Å². The molecule has 0 aliphatic carbocycles. The van der Waals surface area contributed by atoms with Crippen LogP contribution in [0.25, 0.3) is 0 Å². The van der Waals surface area contributed by atoms with Gasteiger partial charge in [-0.3, -0.25) is 4.79 Å². The van der Waals surface area contributed by atoms with E-state index in [1.54, 1.807) is 12.3 Å². The predicted molar refractivity (Wildman–Crippen MR) is 113 cm³/mol. The highest BCUT2D eigenvalue weighted by atomic mass is 16.5. The molecule has 3 rings (SSSR count). The Bertz CT molecular complexity index is 923. The van der Waals surface area contributed by atoms with Crippen LogP contribution in [-0.4, -0.2) is 17.3 Å². The number of anilines is 1. The van der Waals surface area contributed by atoms with Crippen LogP contribution in [0, 0.1) is 6.92 Å². The van der Waals surface area contributed by atoms with Gasteiger partial charge in [0.2, 0.25) is 0 Å². The Morgan fingerprint density at radius 1 is 1.00 bits per heavy atom. The van der Waals surface area contributed by atoms with Gasteiger partial charge in [0.05, 0.1) is 5.56 Å². The molecule has 0 fully saturated rings. The van der Waals surface area contributed by atoms with Crippen LogP contribution in [-0.2, 0) is 6.61 Å². The van der Waals surface area contributed by atoms with E-state index in [-0.39, 0.29) is 5.78 Å². The molecule has 0 aliphatic rings. The van der Waals surface area contributed by atoms with Crippen LogP contribution in [0.4, 0.5) is 5.82 Å². The fourth-order valence-electron chi connectivity index (χ4n) is 3.01. The van der Waals surface area contributed by atoms with Gasteiger partial charge in [-0.15, -0.1) is 0 Å². The molecule has 0 radical (unpaired) electrons. The molecule has 0 saturated heterocycles. The van der Waals surface area contributed by atoms with Gasteiger partial charge in [0.1, 0.15) is 18.2 Å². The van der Waals surface area contributed by atoms with E-state index in [2.05, 4.69) is 17.2 Å². The lowest BCUT2D eigenvalue weighted by Gasteiger charge is -2.14. The van der Waals surface area contributed by atoms with Gasteiger partial charge in [-0.2, -0.15) is 0 Å². The Morgan fingerprint density at radius 2 is 1.79 bits per heavy atom. The lowest BCUT2D eigenvalue weighted by molar-refractivity contribution is 0.103. The molecule has 1 aromatic heterocycles. The number of hydrogen-bond donors (Lipinski definition) is 1. The van der Waals surface area contributed by atoms with Crippen molar-refractivity contribution in [3.8, 4) is 5.75 Å². The van der Waals surface area contributed by atoms with Crippen molar-refractivity contribution >= 4 is 11.6 Å². The van der Waals surface area contributed by atoms with Crippen LogP contribution in [0.1, 0.15) is 46.8 Å². The highest BCUT2D eigenvalue weighted by Crippen LogP contribution is 2.26. The smallest absolute Gasteiger partial charge is 0.197 e. The van der Waals surface area contributed by atoms with Crippen molar-refractivity contribution < 1.29 is 9.53 Å². The molecule has 4 nitrogen and oxygen atoms in total. The molecule has 0 aliphatic heterocycles. The first kappa shape index (κ1) is 19.6. The van der Waals surface area contributed by atoms with E-state index >= 15 is 0 Å². The average molecular weight is 374 g/mol. The number of carbonyl (C=O) groups is 1. The van der Waals surface area contributed by atoms with Gasteiger partial charge in [0.25, 0.3) is 0 Å². The summed E-state index contributed by atoms with van der Waals surface area (Å²) < 4.78 is 5.98. The van der Waals surface area contributed by atoms with Crippen molar-refractivity contribution in [1.29, 1.82) is 0 Å². The topological polar surface area (TPSA) is 51.2 Å². The minimum atomic E-state index is -0.0465. The Kier molecular flexibility index (Phi) is 6.79. The molecule has 1 heterocycles. The van der Waals surface area contributed by atoms with Gasteiger partial charge in [-0.05, 0) is 37.1 Å². The van der Waals surface area contributed by atoms with E-state index in [1.807, 2.05) is 61.5 Å². The molecule has 4 heteroatoms. The van der Waals surface area contributed by atoms with Crippen molar-refractivity contribution in [3.63, 3.8) is 0 Å². The van der Waals surface area contributed by atoms with Gasteiger partial charge in [-0.1, -0.05) is 55.8 Å². The van der Waals surface area contributed by atoms with Crippen LogP contribution >= 0.6 is 0 Å². The summed E-state index contributed by atoms with van der Waals surface area (Å²) in [6.07, 6.45) is 3.83. The van der Waals surface area contributed by atoms with Crippen molar-refractivity contribution in [2.24, 2.45) is 0 Å². The lowest BCUT2D eigenvalue weighted by Crippen LogP contribution is -2.12. The summed E-state index contributed by atoms with van der Waals surface area (Å²) >= 11 is 0. The van der Waals surface area contributed by atoms with E-state index in [4.69, 9.17) is 4.74 Å². The maximum atomic E-state index is 13.2. The Labute approximate surface area is 166 Å². The molecule has 2 aromatic carbocycles. The fraction of sp³-hybridized carbons (Fsp3) is 0.250. The fourth-order valence-corrected chi connectivity index (χ4v) is 3.01. The largest absolute Gasteiger partial charge is 0.489 e. The highest BCUT2D eigenvalue weighted by molar-refractivity contribution is 6.12. The SMILES string of the molecule is CCCCNc1ncccc1C(=O)c1cccc(OCc2ccccc2)c1C. The Hall–Kier alpha value is -3.14. The number of ether oxygens (including phenoxy) is 1. The summed E-state index contributed by atoms with van der Waals surface area (Å²) in [5.41, 5.74) is 3.15. The summed E-state index contributed by atoms with van der Waals surface area (Å²) in [4.78, 5) is 17.6. The summed E-state index contributed by atoms with van der Waals surface area (Å²) in [6.45, 7) is 5.33. The second kappa shape index (κ2) is 9.70. The first-order valence-electron chi connectivity index (χ1n) is 9.70. The monoisotopic (exact) mass is 374 g/mol. The molecule has 0 saturated carbocycles. The molecule has 0 unspecified atom stereocenters. The first-order chi connectivity index (χ1) is 13.7. The van der Waals surface area contributed by atoms with Crippen molar-refractivity contribution in [3.05, 3.63) is 89.1 Å². The summed E-state index contributed by atoms with van der Waals surface area (Å²) in [5.74, 6) is 1.31. The number of nitrogens with one attached hydrogen (secondary N) is 1. The van der Waals surface area contributed by atoms with Crippen molar-refractivity contribution in [2.75, 3.05) is 11.9 Å². The molecular weight excluding hydrogens is 348 g/mol. The van der Waals surface area contributed by atoms with E-state index < -0.39 is 0 Å². The van der Waals surface area contributed by atoms with Gasteiger partial charge in [0, 0.05) is 23.9 Å². The third kappa shape index (κ3) is 4.77. The molecule has 3 aromatic rings. The number of rotatable bonds is 9. The molecule has 0 atom stereocenters. The van der Waals surface area contributed by atoms with E-state index in [1.165, 1.54) is 0 Å².